The largest absolute Gasteiger partial charge is 0.322 e. The Hall–Kier alpha value is -0.860. The molecular formula is C9H11ClN2. The molecule has 1 rings (SSSR count). The van der Waals surface area contributed by atoms with Crippen LogP contribution in [0.25, 0.3) is 0 Å². The first-order chi connectivity index (χ1) is 5.74. The van der Waals surface area contributed by atoms with Crippen molar-refractivity contribution < 1.29 is 0 Å². The number of hydrogen-bond acceptors (Lipinski definition) is 2. The number of pyridine rings is 1. The molecular weight excluding hydrogens is 172 g/mol. The van der Waals surface area contributed by atoms with Crippen LogP contribution in [0, 0.1) is 0 Å². The van der Waals surface area contributed by atoms with Gasteiger partial charge in [-0.1, -0.05) is 17.7 Å². The summed E-state index contributed by atoms with van der Waals surface area (Å²) in [7, 11) is 0. The first-order valence-corrected chi connectivity index (χ1v) is 4.09. The van der Waals surface area contributed by atoms with Gasteiger partial charge in [-0.3, -0.25) is 4.98 Å². The molecule has 0 saturated heterocycles. The lowest BCUT2D eigenvalue weighted by Gasteiger charge is -2.07. The molecule has 1 aromatic rings. The maximum Gasteiger partial charge on any atom is 0.0588 e. The Kier molecular flexibility index (Phi) is 3.26. The van der Waals surface area contributed by atoms with Crippen molar-refractivity contribution in [2.75, 3.05) is 0 Å². The van der Waals surface area contributed by atoms with Crippen molar-refractivity contribution in [3.05, 3.63) is 41.7 Å². The van der Waals surface area contributed by atoms with Crippen LogP contribution in [-0.4, -0.2) is 4.98 Å². The standard InChI is InChI=1S/C9H11ClN2/c1-2-3-8(11)9-6-7(10)4-5-12-9/h2,4-6,8H,1,3,11H2/t8-/m0/s1. The monoisotopic (exact) mass is 182 g/mol. The summed E-state index contributed by atoms with van der Waals surface area (Å²) in [5.74, 6) is 0. The molecule has 0 aliphatic rings. The van der Waals surface area contributed by atoms with Gasteiger partial charge in [-0.2, -0.15) is 0 Å². The molecule has 1 heterocycles. The molecule has 0 aromatic carbocycles. The quantitative estimate of drug-likeness (QED) is 0.729. The van der Waals surface area contributed by atoms with Gasteiger partial charge < -0.3 is 5.73 Å². The predicted octanol–water partition coefficient (Wildman–Crippen LogP) is 2.31. The maximum absolute atomic E-state index is 5.78. The van der Waals surface area contributed by atoms with E-state index in [9.17, 15) is 0 Å². The van der Waals surface area contributed by atoms with Crippen LogP contribution in [0.15, 0.2) is 31.0 Å². The third-order valence-corrected chi connectivity index (χ3v) is 1.78. The molecule has 0 aliphatic carbocycles. The molecule has 0 aliphatic heterocycles. The normalized spacial score (nSPS) is 12.5. The fourth-order valence-electron chi connectivity index (χ4n) is 0.924. The van der Waals surface area contributed by atoms with Gasteiger partial charge in [0.2, 0.25) is 0 Å². The smallest absolute Gasteiger partial charge is 0.0588 e. The van der Waals surface area contributed by atoms with Gasteiger partial charge >= 0.3 is 0 Å². The highest BCUT2D eigenvalue weighted by Crippen LogP contribution is 2.15. The summed E-state index contributed by atoms with van der Waals surface area (Å²) >= 11 is 5.77. The van der Waals surface area contributed by atoms with E-state index in [4.69, 9.17) is 17.3 Å². The first kappa shape index (κ1) is 9.23. The zero-order chi connectivity index (χ0) is 8.97. The number of nitrogens with zero attached hydrogens (tertiary/aromatic N) is 1. The highest BCUT2D eigenvalue weighted by molar-refractivity contribution is 6.30. The summed E-state index contributed by atoms with van der Waals surface area (Å²) in [5.41, 5.74) is 6.59. The van der Waals surface area contributed by atoms with Crippen molar-refractivity contribution in [2.24, 2.45) is 5.73 Å². The Labute approximate surface area is 77.1 Å². The van der Waals surface area contributed by atoms with E-state index in [2.05, 4.69) is 11.6 Å². The second-order valence-electron chi connectivity index (χ2n) is 2.53. The summed E-state index contributed by atoms with van der Waals surface area (Å²) < 4.78 is 0. The van der Waals surface area contributed by atoms with E-state index >= 15 is 0 Å². The van der Waals surface area contributed by atoms with Crippen molar-refractivity contribution in [2.45, 2.75) is 12.5 Å². The Morgan fingerprint density at radius 1 is 1.75 bits per heavy atom. The Balaban J connectivity index is 2.80. The van der Waals surface area contributed by atoms with Gasteiger partial charge in [0.25, 0.3) is 0 Å². The fourth-order valence-corrected chi connectivity index (χ4v) is 1.09. The fraction of sp³-hybridized carbons (Fsp3) is 0.222. The van der Waals surface area contributed by atoms with E-state index in [0.717, 1.165) is 5.69 Å². The van der Waals surface area contributed by atoms with Gasteiger partial charge in [-0.15, -0.1) is 6.58 Å². The zero-order valence-corrected chi connectivity index (χ0v) is 7.46. The molecule has 2 N–H and O–H groups in total. The molecule has 1 atom stereocenters. The third kappa shape index (κ3) is 2.32. The molecule has 64 valence electrons. The van der Waals surface area contributed by atoms with E-state index < -0.39 is 0 Å². The van der Waals surface area contributed by atoms with Gasteiger partial charge in [0.1, 0.15) is 0 Å². The van der Waals surface area contributed by atoms with Crippen LogP contribution in [0.1, 0.15) is 18.2 Å². The zero-order valence-electron chi connectivity index (χ0n) is 6.70. The SMILES string of the molecule is C=CC[C@H](N)c1cc(Cl)ccn1. The summed E-state index contributed by atoms with van der Waals surface area (Å²) in [6, 6.07) is 3.41. The molecule has 0 unspecified atom stereocenters. The van der Waals surface area contributed by atoms with E-state index in [0.29, 0.717) is 11.4 Å². The number of aromatic nitrogens is 1. The minimum atomic E-state index is -0.0961. The van der Waals surface area contributed by atoms with Crippen molar-refractivity contribution in [3.8, 4) is 0 Å². The lowest BCUT2D eigenvalue weighted by atomic mass is 10.1. The minimum Gasteiger partial charge on any atom is -0.322 e. The molecule has 3 heteroatoms. The molecule has 0 radical (unpaired) electrons. The predicted molar refractivity (Wildman–Crippen MR) is 51.0 cm³/mol. The third-order valence-electron chi connectivity index (χ3n) is 1.54. The van der Waals surface area contributed by atoms with Crippen LogP contribution in [0.5, 0.6) is 0 Å². The van der Waals surface area contributed by atoms with E-state index in [1.807, 2.05) is 0 Å². The molecule has 2 nitrogen and oxygen atoms in total. The lowest BCUT2D eigenvalue weighted by molar-refractivity contribution is 0.714. The van der Waals surface area contributed by atoms with Crippen molar-refractivity contribution in [1.29, 1.82) is 0 Å². The van der Waals surface area contributed by atoms with E-state index in [1.54, 1.807) is 24.4 Å². The molecule has 0 saturated carbocycles. The van der Waals surface area contributed by atoms with Crippen LogP contribution in [-0.2, 0) is 0 Å². The second-order valence-corrected chi connectivity index (χ2v) is 2.97. The molecule has 0 amide bonds. The van der Waals surface area contributed by atoms with Crippen LogP contribution >= 0.6 is 11.6 Å². The first-order valence-electron chi connectivity index (χ1n) is 3.72. The highest BCUT2D eigenvalue weighted by Gasteiger charge is 2.04. The number of hydrogen-bond donors (Lipinski definition) is 1. The second kappa shape index (κ2) is 4.24. The van der Waals surface area contributed by atoms with Gasteiger partial charge in [0.05, 0.1) is 11.7 Å². The summed E-state index contributed by atoms with van der Waals surface area (Å²) in [4.78, 5) is 4.10. The molecule has 1 aromatic heterocycles. The van der Waals surface area contributed by atoms with Crippen LogP contribution < -0.4 is 5.73 Å². The highest BCUT2D eigenvalue weighted by atomic mass is 35.5. The van der Waals surface area contributed by atoms with Gasteiger partial charge in [0, 0.05) is 11.2 Å². The summed E-state index contributed by atoms with van der Waals surface area (Å²) in [6.07, 6.45) is 4.14. The van der Waals surface area contributed by atoms with E-state index in [-0.39, 0.29) is 6.04 Å². The molecule has 0 bridgehead atoms. The maximum atomic E-state index is 5.78. The van der Waals surface area contributed by atoms with Crippen molar-refractivity contribution >= 4 is 11.6 Å². The summed E-state index contributed by atoms with van der Waals surface area (Å²) in [6.45, 7) is 3.61. The molecule has 12 heavy (non-hydrogen) atoms. The molecule has 0 spiro atoms. The van der Waals surface area contributed by atoms with Gasteiger partial charge in [0.15, 0.2) is 0 Å². The number of nitrogens with two attached hydrogens (primary N) is 1. The average molecular weight is 183 g/mol. The Morgan fingerprint density at radius 3 is 3.08 bits per heavy atom. The van der Waals surface area contributed by atoms with Crippen molar-refractivity contribution in [1.82, 2.24) is 4.98 Å². The van der Waals surface area contributed by atoms with Crippen molar-refractivity contribution in [3.63, 3.8) is 0 Å². The number of halogens is 1. The van der Waals surface area contributed by atoms with Gasteiger partial charge in [-0.05, 0) is 18.6 Å². The topological polar surface area (TPSA) is 38.9 Å². The average Bonchev–Trinajstić information content (AvgIpc) is 2.05. The van der Waals surface area contributed by atoms with Crippen LogP contribution in [0.4, 0.5) is 0 Å². The van der Waals surface area contributed by atoms with Crippen LogP contribution in [0.2, 0.25) is 5.02 Å². The summed E-state index contributed by atoms with van der Waals surface area (Å²) in [5, 5.41) is 0.666. The minimum absolute atomic E-state index is 0.0961. The molecule has 0 fully saturated rings. The Bertz CT molecular complexity index is 273. The van der Waals surface area contributed by atoms with Gasteiger partial charge in [-0.25, -0.2) is 0 Å². The Morgan fingerprint density at radius 2 is 2.50 bits per heavy atom. The number of rotatable bonds is 3. The van der Waals surface area contributed by atoms with E-state index in [1.165, 1.54) is 0 Å². The van der Waals surface area contributed by atoms with Crippen LogP contribution in [0.3, 0.4) is 0 Å². The lowest BCUT2D eigenvalue weighted by Crippen LogP contribution is -2.10.